The van der Waals surface area contributed by atoms with E-state index < -0.39 is 11.7 Å². The Kier molecular flexibility index (Phi) is 7.46. The number of aromatic nitrogens is 3. The van der Waals surface area contributed by atoms with Gasteiger partial charge in [0.05, 0.1) is 29.7 Å². The predicted octanol–water partition coefficient (Wildman–Crippen LogP) is 5.53. The van der Waals surface area contributed by atoms with E-state index in [2.05, 4.69) is 15.4 Å². The number of carbonyl (C=O) groups excluding carboxylic acids is 2. The zero-order valence-corrected chi connectivity index (χ0v) is 21.0. The van der Waals surface area contributed by atoms with Crippen molar-refractivity contribution in [2.24, 2.45) is 0 Å². The molecule has 0 spiro atoms. The van der Waals surface area contributed by atoms with Crippen LogP contribution in [0.5, 0.6) is 0 Å². The first kappa shape index (κ1) is 25.5. The fraction of sp³-hybridized carbons (Fsp3) is 0.214. The maximum atomic E-state index is 13.4. The molecule has 1 N–H and O–H groups in total. The van der Waals surface area contributed by atoms with Gasteiger partial charge in [0, 0.05) is 24.8 Å². The topological polar surface area (TPSA) is 80.1 Å². The quantitative estimate of drug-likeness (QED) is 0.329. The second kappa shape index (κ2) is 11.1. The Bertz CT molecular complexity index is 1470. The van der Waals surface area contributed by atoms with E-state index in [9.17, 15) is 18.4 Å². The van der Waals surface area contributed by atoms with Gasteiger partial charge in [0.2, 0.25) is 0 Å². The molecule has 2 aromatic heterocycles. The van der Waals surface area contributed by atoms with Gasteiger partial charge in [-0.15, -0.1) is 0 Å². The van der Waals surface area contributed by atoms with E-state index in [4.69, 9.17) is 11.6 Å². The van der Waals surface area contributed by atoms with Crippen molar-refractivity contribution in [3.63, 3.8) is 0 Å². The molecule has 1 saturated heterocycles. The Labute approximate surface area is 223 Å². The number of hydrogen-bond acceptors (Lipinski definition) is 4. The summed E-state index contributed by atoms with van der Waals surface area (Å²) >= 11 is 5.91. The van der Waals surface area contributed by atoms with Crippen LogP contribution >= 0.6 is 11.6 Å². The lowest BCUT2D eigenvalue weighted by atomic mass is 10.0. The predicted molar refractivity (Wildman–Crippen MR) is 139 cm³/mol. The number of nitrogens with zero attached hydrogens (tertiary/aromatic N) is 4. The smallest absolute Gasteiger partial charge is 0.258 e. The molecule has 2 amide bonds. The van der Waals surface area contributed by atoms with Gasteiger partial charge < -0.3 is 10.2 Å². The monoisotopic (exact) mass is 535 g/mol. The van der Waals surface area contributed by atoms with Crippen molar-refractivity contribution in [3.05, 3.63) is 112 Å². The van der Waals surface area contributed by atoms with Crippen LogP contribution < -0.4 is 5.32 Å². The van der Waals surface area contributed by atoms with E-state index in [1.165, 1.54) is 18.3 Å². The van der Waals surface area contributed by atoms with Crippen molar-refractivity contribution in [1.29, 1.82) is 0 Å². The van der Waals surface area contributed by atoms with Gasteiger partial charge in [-0.3, -0.25) is 14.3 Å². The summed E-state index contributed by atoms with van der Waals surface area (Å²) in [5.41, 5.74) is 2.88. The number of nitrogens with one attached hydrogen (secondary N) is 1. The first-order valence-corrected chi connectivity index (χ1v) is 12.5. The summed E-state index contributed by atoms with van der Waals surface area (Å²) < 4.78 is 28.6. The van der Waals surface area contributed by atoms with Crippen LogP contribution in [-0.2, 0) is 6.42 Å². The number of benzene rings is 2. The molecule has 2 aromatic carbocycles. The Morgan fingerprint density at radius 2 is 1.74 bits per heavy atom. The van der Waals surface area contributed by atoms with Crippen LogP contribution in [0, 0.1) is 11.6 Å². The van der Waals surface area contributed by atoms with Gasteiger partial charge in [0.1, 0.15) is 16.8 Å². The number of hydrogen-bond donors (Lipinski definition) is 1. The minimum absolute atomic E-state index is 0.0326. The molecular formula is C28H24ClF2N5O2. The number of amides is 2. The van der Waals surface area contributed by atoms with Gasteiger partial charge in [0.15, 0.2) is 0 Å². The van der Waals surface area contributed by atoms with E-state index in [0.29, 0.717) is 43.6 Å². The van der Waals surface area contributed by atoms with Crippen molar-refractivity contribution >= 4 is 29.1 Å². The van der Waals surface area contributed by atoms with Crippen molar-refractivity contribution in [1.82, 2.24) is 19.7 Å². The number of piperidine rings is 1. The molecule has 5 rings (SSSR count). The summed E-state index contributed by atoms with van der Waals surface area (Å²) in [5.74, 6) is -1.53. The molecule has 194 valence electrons. The number of likely N-dealkylation sites (tertiary alicyclic amines) is 1. The molecule has 0 radical (unpaired) electrons. The second-order valence-corrected chi connectivity index (χ2v) is 9.54. The molecule has 1 aliphatic heterocycles. The fourth-order valence-electron chi connectivity index (χ4n) is 4.55. The van der Waals surface area contributed by atoms with E-state index >= 15 is 0 Å². The zero-order chi connectivity index (χ0) is 26.6. The summed E-state index contributed by atoms with van der Waals surface area (Å²) in [5, 5.41) is 6.93. The standard InChI is InChI=1S/C28H24ClF2N5O2/c29-26-25(14-22(31)15-32-26)27(37)34-23-16-33-36(17-23)24-8-10-35(11-9-24)28(38)20-6-4-18(5-7-20)12-19-2-1-3-21(30)13-19/h1-7,13-17,24H,8-12H2,(H,34,37). The Hall–Kier alpha value is -4.11. The molecule has 7 nitrogen and oxygen atoms in total. The fourth-order valence-corrected chi connectivity index (χ4v) is 4.74. The number of carbonyl (C=O) groups is 2. The van der Waals surface area contributed by atoms with Gasteiger partial charge in [-0.2, -0.15) is 5.10 Å². The summed E-state index contributed by atoms with van der Waals surface area (Å²) in [6, 6.07) is 15.0. The maximum Gasteiger partial charge on any atom is 0.258 e. The highest BCUT2D eigenvalue weighted by atomic mass is 35.5. The molecule has 38 heavy (non-hydrogen) atoms. The molecule has 0 unspecified atom stereocenters. The highest BCUT2D eigenvalue weighted by Crippen LogP contribution is 2.25. The molecular weight excluding hydrogens is 512 g/mol. The van der Waals surface area contributed by atoms with Crippen molar-refractivity contribution in [2.75, 3.05) is 18.4 Å². The van der Waals surface area contributed by atoms with E-state index in [-0.39, 0.29) is 28.5 Å². The minimum atomic E-state index is -0.656. The third-order valence-electron chi connectivity index (χ3n) is 6.53. The molecule has 0 atom stereocenters. The van der Waals surface area contributed by atoms with Crippen LogP contribution in [0.15, 0.2) is 73.2 Å². The molecule has 0 aliphatic carbocycles. The highest BCUT2D eigenvalue weighted by molar-refractivity contribution is 6.33. The summed E-state index contributed by atoms with van der Waals surface area (Å²) in [6.45, 7) is 1.14. The lowest BCUT2D eigenvalue weighted by Gasteiger charge is -2.32. The van der Waals surface area contributed by atoms with Gasteiger partial charge >= 0.3 is 0 Å². The average Bonchev–Trinajstić information content (AvgIpc) is 3.38. The Morgan fingerprint density at radius 3 is 2.47 bits per heavy atom. The van der Waals surface area contributed by atoms with E-state index in [1.54, 1.807) is 16.9 Å². The normalized spacial score (nSPS) is 13.9. The molecule has 1 fully saturated rings. The number of pyridine rings is 1. The lowest BCUT2D eigenvalue weighted by Crippen LogP contribution is -2.39. The van der Waals surface area contributed by atoms with Gasteiger partial charge in [-0.1, -0.05) is 35.9 Å². The molecule has 10 heteroatoms. The van der Waals surface area contributed by atoms with Crippen LogP contribution in [-0.4, -0.2) is 44.6 Å². The number of anilines is 1. The number of rotatable bonds is 6. The third kappa shape index (κ3) is 5.89. The van der Waals surface area contributed by atoms with Crippen molar-refractivity contribution < 1.29 is 18.4 Å². The summed E-state index contributed by atoms with van der Waals surface area (Å²) in [4.78, 5) is 31.0. The minimum Gasteiger partial charge on any atom is -0.338 e. The molecule has 1 aliphatic rings. The van der Waals surface area contributed by atoms with Crippen LogP contribution in [0.25, 0.3) is 0 Å². The molecule has 0 bridgehead atoms. The van der Waals surface area contributed by atoms with Crippen LogP contribution in [0.2, 0.25) is 5.15 Å². The maximum absolute atomic E-state index is 13.4. The van der Waals surface area contributed by atoms with Crippen molar-refractivity contribution in [3.8, 4) is 0 Å². The average molecular weight is 536 g/mol. The lowest BCUT2D eigenvalue weighted by molar-refractivity contribution is 0.0689. The van der Waals surface area contributed by atoms with Crippen LogP contribution in [0.1, 0.15) is 50.7 Å². The summed E-state index contributed by atoms with van der Waals surface area (Å²) in [7, 11) is 0. The highest BCUT2D eigenvalue weighted by Gasteiger charge is 2.25. The van der Waals surface area contributed by atoms with Gasteiger partial charge in [-0.05, 0) is 60.7 Å². The number of halogens is 3. The van der Waals surface area contributed by atoms with Gasteiger partial charge in [0.25, 0.3) is 11.8 Å². The molecule has 4 aromatic rings. The zero-order valence-electron chi connectivity index (χ0n) is 20.3. The molecule has 3 heterocycles. The van der Waals surface area contributed by atoms with E-state index in [0.717, 1.165) is 23.4 Å². The SMILES string of the molecule is O=C(Nc1cnn(C2CCN(C(=O)c3ccc(Cc4cccc(F)c4)cc3)CC2)c1)c1cc(F)cnc1Cl. The van der Waals surface area contributed by atoms with Crippen LogP contribution in [0.3, 0.4) is 0 Å². The third-order valence-corrected chi connectivity index (χ3v) is 6.83. The first-order valence-electron chi connectivity index (χ1n) is 12.1. The van der Waals surface area contributed by atoms with Crippen molar-refractivity contribution in [2.45, 2.75) is 25.3 Å². The Morgan fingerprint density at radius 1 is 0.974 bits per heavy atom. The molecule has 0 saturated carbocycles. The van der Waals surface area contributed by atoms with Gasteiger partial charge in [-0.25, -0.2) is 13.8 Å². The first-order chi connectivity index (χ1) is 18.4. The van der Waals surface area contributed by atoms with Crippen LogP contribution in [0.4, 0.5) is 14.5 Å². The van der Waals surface area contributed by atoms with E-state index in [1.807, 2.05) is 35.2 Å². The Balaban J connectivity index is 1.15. The summed E-state index contributed by atoms with van der Waals surface area (Å²) in [6.07, 6.45) is 6.17. The second-order valence-electron chi connectivity index (χ2n) is 9.18. The largest absolute Gasteiger partial charge is 0.338 e.